The zero-order chi connectivity index (χ0) is 21.6. The van der Waals surface area contributed by atoms with E-state index in [-0.39, 0.29) is 12.2 Å². The monoisotopic (exact) mass is 406 g/mol. The number of hydrogen-bond donors (Lipinski definition) is 0. The van der Waals surface area contributed by atoms with Gasteiger partial charge in [0.15, 0.2) is 0 Å². The van der Waals surface area contributed by atoms with Crippen LogP contribution in [-0.2, 0) is 17.8 Å². The third kappa shape index (κ3) is 6.93. The molecule has 0 atom stereocenters. The first-order chi connectivity index (χ1) is 13.6. The number of nitrogens with zero attached hydrogens (tertiary/aromatic N) is 2. The molecule has 0 fully saturated rings. The van der Waals surface area contributed by atoms with E-state index in [9.17, 15) is 18.0 Å². The van der Waals surface area contributed by atoms with E-state index in [1.54, 1.807) is 12.4 Å². The van der Waals surface area contributed by atoms with E-state index in [2.05, 4.69) is 4.99 Å². The van der Waals surface area contributed by atoms with Gasteiger partial charge in [-0.3, -0.25) is 0 Å². The number of benzene rings is 2. The number of carbonyl (C=O) groups excluding carboxylic acids is 1. The number of hydrogen-bond acceptors (Lipinski definition) is 3. The van der Waals surface area contributed by atoms with Gasteiger partial charge in [-0.2, -0.15) is 13.2 Å². The average molecular weight is 406 g/mol. The van der Waals surface area contributed by atoms with E-state index in [0.717, 1.165) is 23.4 Å². The zero-order valence-electron chi connectivity index (χ0n) is 17.0. The lowest BCUT2D eigenvalue weighted by molar-refractivity contribution is -0.127. The predicted molar refractivity (Wildman–Crippen MR) is 108 cm³/mol. The molecule has 0 unspecified atom stereocenters. The number of halogens is 3. The largest absolute Gasteiger partial charge is 0.457 e. The molecule has 0 aliphatic heterocycles. The molecule has 0 N–H and O–H groups in total. The molecule has 0 heterocycles. The van der Waals surface area contributed by atoms with Gasteiger partial charge in [-0.1, -0.05) is 24.3 Å². The third-order valence-electron chi connectivity index (χ3n) is 4.45. The Balaban J connectivity index is 2.03. The van der Waals surface area contributed by atoms with Gasteiger partial charge in [0.1, 0.15) is 6.61 Å². The smallest absolute Gasteiger partial charge is 0.393 e. The SMILES string of the molecule is CCN(C)C=Nc1cc(C)c(C(=O)OCc2ccc(CC(F)(F)F)cc2)cc1C. The number of alkyl halides is 3. The van der Waals surface area contributed by atoms with Gasteiger partial charge in [0.05, 0.1) is 24.0 Å². The molecule has 0 amide bonds. The van der Waals surface area contributed by atoms with Crippen molar-refractivity contribution in [2.75, 3.05) is 13.6 Å². The first-order valence-corrected chi connectivity index (χ1v) is 9.26. The second-order valence-electron chi connectivity index (χ2n) is 6.96. The topological polar surface area (TPSA) is 41.9 Å². The Hall–Kier alpha value is -2.83. The fourth-order valence-corrected chi connectivity index (χ4v) is 2.61. The van der Waals surface area contributed by atoms with Crippen LogP contribution >= 0.6 is 0 Å². The van der Waals surface area contributed by atoms with Gasteiger partial charge in [-0.05, 0) is 55.2 Å². The van der Waals surface area contributed by atoms with E-state index in [0.29, 0.717) is 11.1 Å². The highest BCUT2D eigenvalue weighted by atomic mass is 19.4. The van der Waals surface area contributed by atoms with E-state index in [1.807, 2.05) is 38.8 Å². The fourth-order valence-electron chi connectivity index (χ4n) is 2.61. The van der Waals surface area contributed by atoms with Crippen LogP contribution in [0.2, 0.25) is 0 Å². The standard InChI is InChI=1S/C22H25F3N2O2/c1-5-27(4)14-26-20-11-15(2)19(10-16(20)3)21(28)29-13-18-8-6-17(7-9-18)12-22(23,24)25/h6-11,14H,5,12-13H2,1-4H3. The van der Waals surface area contributed by atoms with Crippen molar-refractivity contribution in [1.82, 2.24) is 4.90 Å². The lowest BCUT2D eigenvalue weighted by Crippen LogP contribution is -2.14. The maximum absolute atomic E-state index is 12.5. The highest BCUT2D eigenvalue weighted by molar-refractivity contribution is 5.92. The summed E-state index contributed by atoms with van der Waals surface area (Å²) in [6, 6.07) is 9.43. The van der Waals surface area contributed by atoms with Crippen LogP contribution in [0.15, 0.2) is 41.4 Å². The minimum Gasteiger partial charge on any atom is -0.457 e. The van der Waals surface area contributed by atoms with Crippen LogP contribution in [0, 0.1) is 13.8 Å². The van der Waals surface area contributed by atoms with Crippen molar-refractivity contribution in [2.45, 2.75) is 40.0 Å². The van der Waals surface area contributed by atoms with Crippen LogP contribution in [0.1, 0.15) is 39.5 Å². The number of esters is 1. The number of ether oxygens (including phenoxy) is 1. The molecule has 156 valence electrons. The quantitative estimate of drug-likeness (QED) is 0.352. The highest BCUT2D eigenvalue weighted by Gasteiger charge is 2.27. The summed E-state index contributed by atoms with van der Waals surface area (Å²) >= 11 is 0. The lowest BCUT2D eigenvalue weighted by atomic mass is 10.0. The molecule has 0 aromatic heterocycles. The predicted octanol–water partition coefficient (Wildman–Crippen LogP) is 5.38. The normalized spacial score (nSPS) is 11.7. The Morgan fingerprint density at radius 1 is 1.10 bits per heavy atom. The Morgan fingerprint density at radius 3 is 2.31 bits per heavy atom. The molecule has 0 radical (unpaired) electrons. The first kappa shape index (κ1) is 22.5. The second-order valence-corrected chi connectivity index (χ2v) is 6.96. The van der Waals surface area contributed by atoms with Gasteiger partial charge in [-0.15, -0.1) is 0 Å². The summed E-state index contributed by atoms with van der Waals surface area (Å²) in [5.74, 6) is -0.480. The maximum atomic E-state index is 12.5. The number of rotatable bonds is 7. The van der Waals surface area contributed by atoms with Gasteiger partial charge >= 0.3 is 12.1 Å². The van der Waals surface area contributed by atoms with Crippen molar-refractivity contribution >= 4 is 18.0 Å². The molecule has 0 aliphatic carbocycles. The summed E-state index contributed by atoms with van der Waals surface area (Å²) in [7, 11) is 1.92. The molecule has 29 heavy (non-hydrogen) atoms. The van der Waals surface area contributed by atoms with Crippen molar-refractivity contribution in [2.24, 2.45) is 4.99 Å². The van der Waals surface area contributed by atoms with Gasteiger partial charge < -0.3 is 9.64 Å². The summed E-state index contributed by atoms with van der Waals surface area (Å²) in [6.07, 6.45) is -3.48. The molecule has 0 spiro atoms. The Labute approximate surface area is 169 Å². The van der Waals surface area contributed by atoms with Gasteiger partial charge in [0, 0.05) is 13.6 Å². The summed E-state index contributed by atoms with van der Waals surface area (Å²) < 4.78 is 42.6. The first-order valence-electron chi connectivity index (χ1n) is 9.26. The van der Waals surface area contributed by atoms with Gasteiger partial charge in [0.2, 0.25) is 0 Å². The maximum Gasteiger partial charge on any atom is 0.393 e. The summed E-state index contributed by atoms with van der Waals surface area (Å²) in [4.78, 5) is 18.8. The molecule has 4 nitrogen and oxygen atoms in total. The van der Waals surface area contributed by atoms with Crippen LogP contribution in [0.25, 0.3) is 0 Å². The Kier molecular flexibility index (Phi) is 7.42. The molecule has 0 bridgehead atoms. The second kappa shape index (κ2) is 9.58. The Bertz CT molecular complexity index is 875. The number of carbonyl (C=O) groups is 1. The van der Waals surface area contributed by atoms with E-state index >= 15 is 0 Å². The van der Waals surface area contributed by atoms with Crippen LogP contribution in [0.4, 0.5) is 18.9 Å². The summed E-state index contributed by atoms with van der Waals surface area (Å²) in [5, 5.41) is 0. The number of aryl methyl sites for hydroxylation is 2. The van der Waals surface area contributed by atoms with Crippen LogP contribution in [0.3, 0.4) is 0 Å². The van der Waals surface area contributed by atoms with Crippen LogP contribution in [-0.4, -0.2) is 37.0 Å². The average Bonchev–Trinajstić information content (AvgIpc) is 2.66. The third-order valence-corrected chi connectivity index (χ3v) is 4.45. The van der Waals surface area contributed by atoms with Crippen molar-refractivity contribution in [1.29, 1.82) is 0 Å². The molecule has 0 saturated heterocycles. The van der Waals surface area contributed by atoms with Gasteiger partial charge in [0.25, 0.3) is 0 Å². The van der Waals surface area contributed by atoms with E-state index < -0.39 is 18.6 Å². The lowest BCUT2D eigenvalue weighted by Gasteiger charge is -2.12. The number of aliphatic imine (C=N–C) groups is 1. The minimum absolute atomic E-state index is 0.00911. The van der Waals surface area contributed by atoms with Crippen molar-refractivity contribution < 1.29 is 22.7 Å². The van der Waals surface area contributed by atoms with Gasteiger partial charge in [-0.25, -0.2) is 9.79 Å². The minimum atomic E-state index is -4.24. The molecule has 0 saturated carbocycles. The van der Waals surface area contributed by atoms with E-state index in [4.69, 9.17) is 4.74 Å². The van der Waals surface area contributed by atoms with E-state index in [1.165, 1.54) is 24.3 Å². The molecular formula is C22H25F3N2O2. The molecule has 0 aliphatic rings. The molecule has 2 aromatic carbocycles. The molecule has 2 aromatic rings. The summed E-state index contributed by atoms with van der Waals surface area (Å²) in [5.41, 5.74) is 3.61. The molecule has 2 rings (SSSR count). The highest BCUT2D eigenvalue weighted by Crippen LogP contribution is 2.24. The van der Waals surface area contributed by atoms with Crippen molar-refractivity contribution in [3.8, 4) is 0 Å². The molecular weight excluding hydrogens is 381 g/mol. The van der Waals surface area contributed by atoms with Crippen molar-refractivity contribution in [3.63, 3.8) is 0 Å². The van der Waals surface area contributed by atoms with Crippen molar-refractivity contribution in [3.05, 3.63) is 64.2 Å². The van der Waals surface area contributed by atoms with Crippen LogP contribution < -0.4 is 0 Å². The Morgan fingerprint density at radius 2 is 1.72 bits per heavy atom. The fraction of sp³-hybridized carbons (Fsp3) is 0.364. The zero-order valence-corrected chi connectivity index (χ0v) is 17.0. The molecule has 7 heteroatoms. The van der Waals surface area contributed by atoms with Crippen LogP contribution in [0.5, 0.6) is 0 Å². The summed E-state index contributed by atoms with van der Waals surface area (Å²) in [6.45, 7) is 6.53.